The maximum Gasteiger partial charge on any atom is 0.305 e. The summed E-state index contributed by atoms with van der Waals surface area (Å²) in [5.74, 6) is -2.87. The Morgan fingerprint density at radius 2 is 1.33 bits per heavy atom. The quantitative estimate of drug-likeness (QED) is 0.490. The molecule has 0 aromatic rings. The first-order chi connectivity index (χ1) is 11.1. The molecule has 24 heavy (non-hydrogen) atoms. The third-order valence-electron chi connectivity index (χ3n) is 2.95. The predicted molar refractivity (Wildman–Crippen MR) is 74.2 cm³/mol. The monoisotopic (exact) mass is 348 g/mol. The number of hydrogen-bond donors (Lipinski definition) is 1. The summed E-state index contributed by atoms with van der Waals surface area (Å²) in [7, 11) is 0. The summed E-state index contributed by atoms with van der Waals surface area (Å²) in [4.78, 5) is 44.7. The van der Waals surface area contributed by atoms with Gasteiger partial charge in [0.15, 0.2) is 18.3 Å². The lowest BCUT2D eigenvalue weighted by molar-refractivity contribution is -0.297. The van der Waals surface area contributed by atoms with Crippen LogP contribution in [0.2, 0.25) is 0 Å². The summed E-state index contributed by atoms with van der Waals surface area (Å²) < 4.78 is 25.0. The summed E-state index contributed by atoms with van der Waals surface area (Å²) in [5.41, 5.74) is 0. The van der Waals surface area contributed by atoms with Gasteiger partial charge in [-0.3, -0.25) is 19.2 Å². The van der Waals surface area contributed by atoms with Gasteiger partial charge in [0.05, 0.1) is 0 Å². The van der Waals surface area contributed by atoms with E-state index in [1.165, 1.54) is 0 Å². The van der Waals surface area contributed by atoms with Crippen LogP contribution in [0.3, 0.4) is 0 Å². The Hall–Kier alpha value is -2.20. The molecule has 136 valence electrons. The van der Waals surface area contributed by atoms with Gasteiger partial charge in [-0.2, -0.15) is 0 Å². The van der Waals surface area contributed by atoms with Crippen molar-refractivity contribution in [2.75, 3.05) is 6.61 Å². The van der Waals surface area contributed by atoms with Crippen molar-refractivity contribution in [1.29, 1.82) is 0 Å². The van der Waals surface area contributed by atoms with Gasteiger partial charge in [0.2, 0.25) is 6.29 Å². The molecule has 0 aromatic heterocycles. The zero-order valence-corrected chi connectivity index (χ0v) is 13.7. The fourth-order valence-electron chi connectivity index (χ4n) is 2.15. The second kappa shape index (κ2) is 8.60. The Balaban J connectivity index is 3.08. The zero-order valence-electron chi connectivity index (χ0n) is 13.7. The summed E-state index contributed by atoms with van der Waals surface area (Å²) >= 11 is 0. The molecule has 0 aromatic carbocycles. The van der Waals surface area contributed by atoms with Crippen molar-refractivity contribution in [3.8, 4) is 0 Å². The molecule has 0 spiro atoms. The molecule has 1 heterocycles. The zero-order chi connectivity index (χ0) is 18.4. The van der Waals surface area contributed by atoms with Gasteiger partial charge >= 0.3 is 23.9 Å². The van der Waals surface area contributed by atoms with E-state index in [0.717, 1.165) is 27.7 Å². The number of aliphatic hydroxyl groups excluding tert-OH is 1. The van der Waals surface area contributed by atoms with Crippen LogP contribution in [0.4, 0.5) is 0 Å². The van der Waals surface area contributed by atoms with Crippen molar-refractivity contribution < 1.29 is 48.0 Å². The molecule has 1 rings (SSSR count). The largest absolute Gasteiger partial charge is 0.463 e. The first-order valence-electron chi connectivity index (χ1n) is 7.10. The van der Waals surface area contributed by atoms with Crippen LogP contribution in [0, 0.1) is 0 Å². The second-order valence-corrected chi connectivity index (χ2v) is 5.09. The smallest absolute Gasteiger partial charge is 0.305 e. The Morgan fingerprint density at radius 3 is 1.79 bits per heavy atom. The second-order valence-electron chi connectivity index (χ2n) is 5.09. The molecule has 10 nitrogen and oxygen atoms in total. The molecular formula is C14H20O10. The van der Waals surface area contributed by atoms with Gasteiger partial charge in [0.1, 0.15) is 12.7 Å². The number of esters is 4. The minimum Gasteiger partial charge on any atom is -0.463 e. The van der Waals surface area contributed by atoms with Crippen LogP contribution in [0.1, 0.15) is 27.7 Å². The molecule has 5 atom stereocenters. The van der Waals surface area contributed by atoms with Crippen LogP contribution in [-0.4, -0.2) is 66.3 Å². The van der Waals surface area contributed by atoms with Crippen LogP contribution >= 0.6 is 0 Å². The minimum atomic E-state index is -1.60. The third kappa shape index (κ3) is 5.78. The number of aliphatic hydroxyl groups is 1. The van der Waals surface area contributed by atoms with E-state index in [0.29, 0.717) is 0 Å². The molecular weight excluding hydrogens is 328 g/mol. The van der Waals surface area contributed by atoms with Gasteiger partial charge in [0.25, 0.3) is 0 Å². The normalized spacial score (nSPS) is 29.3. The fraction of sp³-hybridized carbons (Fsp3) is 0.714. The molecule has 1 aliphatic heterocycles. The summed E-state index contributed by atoms with van der Waals surface area (Å²) in [6.07, 6.45) is -6.83. The van der Waals surface area contributed by atoms with Gasteiger partial charge < -0.3 is 28.8 Å². The highest BCUT2D eigenvalue weighted by atomic mass is 16.7. The highest BCUT2D eigenvalue weighted by Gasteiger charge is 2.51. The van der Waals surface area contributed by atoms with Crippen molar-refractivity contribution in [2.45, 2.75) is 58.4 Å². The first-order valence-corrected chi connectivity index (χ1v) is 7.10. The predicted octanol–water partition coefficient (Wildman–Crippen LogP) is -0.938. The first kappa shape index (κ1) is 19.8. The molecule has 10 heteroatoms. The standard InChI is InChI=1S/C14H20O10/c1-6(15)20-5-10-12(21-7(2)16)13(22-8(3)17)11(19)14(24-10)23-9(4)18/h10-14,19H,5H2,1-4H3/t10-,11-,12-,13+,14+/m0/s1. The Kier molecular flexibility index (Phi) is 7.11. The van der Waals surface area contributed by atoms with E-state index in [1.807, 2.05) is 0 Å². The highest BCUT2D eigenvalue weighted by Crippen LogP contribution is 2.27. The lowest BCUT2D eigenvalue weighted by atomic mass is 9.98. The van der Waals surface area contributed by atoms with E-state index in [2.05, 4.69) is 0 Å². The van der Waals surface area contributed by atoms with Gasteiger partial charge in [-0.15, -0.1) is 0 Å². The molecule has 1 aliphatic rings. The average molecular weight is 348 g/mol. The molecule has 0 saturated carbocycles. The number of carbonyl (C=O) groups is 4. The molecule has 0 unspecified atom stereocenters. The molecule has 0 bridgehead atoms. The van der Waals surface area contributed by atoms with E-state index in [4.69, 9.17) is 23.7 Å². The van der Waals surface area contributed by atoms with Crippen LogP contribution in [-0.2, 0) is 42.9 Å². The van der Waals surface area contributed by atoms with Gasteiger partial charge in [-0.25, -0.2) is 0 Å². The summed E-state index contributed by atoms with van der Waals surface area (Å²) in [6, 6.07) is 0. The highest BCUT2D eigenvalue weighted by molar-refractivity contribution is 5.68. The lowest BCUT2D eigenvalue weighted by Crippen LogP contribution is -2.62. The molecule has 0 aliphatic carbocycles. The van der Waals surface area contributed by atoms with Crippen molar-refractivity contribution in [1.82, 2.24) is 0 Å². The Morgan fingerprint density at radius 1 is 0.833 bits per heavy atom. The van der Waals surface area contributed by atoms with Crippen LogP contribution in [0.25, 0.3) is 0 Å². The van der Waals surface area contributed by atoms with Crippen molar-refractivity contribution >= 4 is 23.9 Å². The van der Waals surface area contributed by atoms with Crippen LogP contribution < -0.4 is 0 Å². The van der Waals surface area contributed by atoms with E-state index in [-0.39, 0.29) is 6.61 Å². The van der Waals surface area contributed by atoms with E-state index < -0.39 is 54.6 Å². The van der Waals surface area contributed by atoms with Crippen LogP contribution in [0.15, 0.2) is 0 Å². The van der Waals surface area contributed by atoms with Gasteiger partial charge in [-0.05, 0) is 0 Å². The van der Waals surface area contributed by atoms with Gasteiger partial charge in [-0.1, -0.05) is 0 Å². The minimum absolute atomic E-state index is 0.366. The maximum absolute atomic E-state index is 11.3. The number of hydrogen-bond acceptors (Lipinski definition) is 10. The topological polar surface area (TPSA) is 135 Å². The lowest BCUT2D eigenvalue weighted by Gasteiger charge is -2.42. The third-order valence-corrected chi connectivity index (χ3v) is 2.95. The molecule has 1 N–H and O–H groups in total. The SMILES string of the molecule is CC(=O)OC[C@@H]1O[C@@H](OC(C)=O)[C@@H](O)[C@@H](OC(C)=O)[C@H]1OC(C)=O. The maximum atomic E-state index is 11.3. The van der Waals surface area contributed by atoms with E-state index in [1.54, 1.807) is 0 Å². The fourth-order valence-corrected chi connectivity index (χ4v) is 2.15. The number of rotatable bonds is 5. The molecule has 1 fully saturated rings. The van der Waals surface area contributed by atoms with Gasteiger partial charge in [0, 0.05) is 27.7 Å². The molecule has 1 saturated heterocycles. The van der Waals surface area contributed by atoms with Crippen molar-refractivity contribution in [3.05, 3.63) is 0 Å². The van der Waals surface area contributed by atoms with Crippen LogP contribution in [0.5, 0.6) is 0 Å². The van der Waals surface area contributed by atoms with E-state index >= 15 is 0 Å². The number of carbonyl (C=O) groups excluding carboxylic acids is 4. The molecule has 0 radical (unpaired) electrons. The molecule has 0 amide bonds. The summed E-state index contributed by atoms with van der Waals surface area (Å²) in [6.45, 7) is 4.09. The Labute approximate surface area is 137 Å². The number of ether oxygens (including phenoxy) is 5. The van der Waals surface area contributed by atoms with E-state index in [9.17, 15) is 24.3 Å². The average Bonchev–Trinajstić information content (AvgIpc) is 2.42. The van der Waals surface area contributed by atoms with Crippen molar-refractivity contribution in [3.63, 3.8) is 0 Å². The summed E-state index contributed by atoms with van der Waals surface area (Å²) in [5, 5.41) is 10.2. The van der Waals surface area contributed by atoms with Crippen molar-refractivity contribution in [2.24, 2.45) is 0 Å². The Bertz CT molecular complexity index is 486.